The van der Waals surface area contributed by atoms with Gasteiger partial charge in [-0.2, -0.15) is 0 Å². The van der Waals surface area contributed by atoms with Crippen LogP contribution in [-0.4, -0.2) is 62.2 Å². The smallest absolute Gasteiger partial charge is 0.0220 e. The molecule has 2 fully saturated rings. The van der Waals surface area contributed by atoms with Crippen molar-refractivity contribution in [1.82, 2.24) is 15.1 Å². The summed E-state index contributed by atoms with van der Waals surface area (Å²) in [4.78, 5) is 5.13. The highest BCUT2D eigenvalue weighted by atomic mass is 15.2. The molecule has 0 radical (unpaired) electrons. The van der Waals surface area contributed by atoms with Gasteiger partial charge in [0.15, 0.2) is 0 Å². The molecule has 118 valence electrons. The molecular formula is C17H35N3. The number of likely N-dealkylation sites (tertiary alicyclic amines) is 1. The molecule has 1 unspecified atom stereocenters. The number of nitrogens with zero attached hydrogens (tertiary/aromatic N) is 2. The van der Waals surface area contributed by atoms with Gasteiger partial charge in [0, 0.05) is 31.7 Å². The van der Waals surface area contributed by atoms with Gasteiger partial charge < -0.3 is 15.1 Å². The van der Waals surface area contributed by atoms with Crippen LogP contribution in [0.4, 0.5) is 0 Å². The zero-order valence-corrected chi connectivity index (χ0v) is 14.1. The van der Waals surface area contributed by atoms with Crippen molar-refractivity contribution in [3.8, 4) is 0 Å². The first-order valence-electron chi connectivity index (χ1n) is 8.70. The predicted molar refractivity (Wildman–Crippen MR) is 87.2 cm³/mol. The Morgan fingerprint density at radius 1 is 1.20 bits per heavy atom. The van der Waals surface area contributed by atoms with E-state index in [1.165, 1.54) is 64.7 Å². The van der Waals surface area contributed by atoms with Gasteiger partial charge in [0.1, 0.15) is 0 Å². The lowest BCUT2D eigenvalue weighted by Gasteiger charge is -2.37. The number of likely N-dealkylation sites (N-methyl/N-ethyl adjacent to an activating group) is 2. The van der Waals surface area contributed by atoms with Crippen molar-refractivity contribution in [3.05, 3.63) is 0 Å². The highest BCUT2D eigenvalue weighted by Gasteiger charge is 2.32. The minimum atomic E-state index is 0.467. The number of hydrogen-bond acceptors (Lipinski definition) is 3. The van der Waals surface area contributed by atoms with Crippen molar-refractivity contribution in [2.24, 2.45) is 5.41 Å². The van der Waals surface area contributed by atoms with Crippen LogP contribution in [0.25, 0.3) is 0 Å². The fourth-order valence-electron chi connectivity index (χ4n) is 3.63. The maximum Gasteiger partial charge on any atom is 0.0220 e. The van der Waals surface area contributed by atoms with E-state index in [1.807, 2.05) is 0 Å². The Kier molecular flexibility index (Phi) is 5.88. The normalized spacial score (nSPS) is 24.8. The van der Waals surface area contributed by atoms with Crippen LogP contribution in [0.15, 0.2) is 0 Å². The number of rotatable bonds is 9. The second kappa shape index (κ2) is 7.24. The van der Waals surface area contributed by atoms with E-state index in [9.17, 15) is 0 Å². The van der Waals surface area contributed by atoms with Gasteiger partial charge in [0.25, 0.3) is 0 Å². The summed E-state index contributed by atoms with van der Waals surface area (Å²) in [6.45, 7) is 9.71. The van der Waals surface area contributed by atoms with Crippen LogP contribution in [0.2, 0.25) is 0 Å². The standard InChI is InChI=1S/C17H35N3/c1-5-17(6-2,13-18-15-9-10-15)14-19(3)12-16-8-7-11-20(16)4/h15-16,18H,5-14H2,1-4H3. The van der Waals surface area contributed by atoms with Crippen LogP contribution >= 0.6 is 0 Å². The molecule has 20 heavy (non-hydrogen) atoms. The molecule has 0 bridgehead atoms. The van der Waals surface area contributed by atoms with Gasteiger partial charge in [-0.15, -0.1) is 0 Å². The highest BCUT2D eigenvalue weighted by Crippen LogP contribution is 2.29. The molecule has 0 aromatic heterocycles. The zero-order valence-electron chi connectivity index (χ0n) is 14.1. The van der Waals surface area contributed by atoms with Crippen molar-refractivity contribution in [3.63, 3.8) is 0 Å². The Bertz CT molecular complexity index is 284. The van der Waals surface area contributed by atoms with Gasteiger partial charge in [-0.3, -0.25) is 0 Å². The minimum absolute atomic E-state index is 0.467. The van der Waals surface area contributed by atoms with Crippen LogP contribution in [0.1, 0.15) is 52.4 Å². The third-order valence-corrected chi connectivity index (χ3v) is 5.64. The fourth-order valence-corrected chi connectivity index (χ4v) is 3.63. The van der Waals surface area contributed by atoms with Gasteiger partial charge in [-0.05, 0) is 64.6 Å². The van der Waals surface area contributed by atoms with Gasteiger partial charge in [-0.25, -0.2) is 0 Å². The van der Waals surface area contributed by atoms with Crippen LogP contribution in [0.5, 0.6) is 0 Å². The molecule has 2 rings (SSSR count). The van der Waals surface area contributed by atoms with E-state index in [2.05, 4.69) is 43.1 Å². The monoisotopic (exact) mass is 281 g/mol. The molecule has 1 heterocycles. The minimum Gasteiger partial charge on any atom is -0.313 e. The average molecular weight is 281 g/mol. The molecule has 1 saturated heterocycles. The Labute approximate surface area is 126 Å². The summed E-state index contributed by atoms with van der Waals surface area (Å²) in [5.74, 6) is 0. The van der Waals surface area contributed by atoms with Crippen molar-refractivity contribution in [2.75, 3.05) is 40.3 Å². The highest BCUT2D eigenvalue weighted by molar-refractivity contribution is 4.89. The Morgan fingerprint density at radius 2 is 1.90 bits per heavy atom. The Hall–Kier alpha value is -0.120. The first-order chi connectivity index (χ1) is 9.58. The second-order valence-electron chi connectivity index (χ2n) is 7.34. The average Bonchev–Trinajstić information content (AvgIpc) is 3.19. The maximum absolute atomic E-state index is 3.77. The molecule has 3 nitrogen and oxygen atoms in total. The SMILES string of the molecule is CCC(CC)(CNC1CC1)CN(C)CC1CCCN1C. The number of nitrogens with one attached hydrogen (secondary N) is 1. The lowest BCUT2D eigenvalue weighted by atomic mass is 9.81. The van der Waals surface area contributed by atoms with E-state index < -0.39 is 0 Å². The summed E-state index contributed by atoms with van der Waals surface area (Å²) in [6.07, 6.45) is 8.12. The first kappa shape index (κ1) is 16.3. The molecule has 0 amide bonds. The van der Waals surface area contributed by atoms with Crippen molar-refractivity contribution in [2.45, 2.75) is 64.5 Å². The molecule has 0 aromatic rings. The molecule has 0 aromatic carbocycles. The zero-order chi connectivity index (χ0) is 14.6. The summed E-state index contributed by atoms with van der Waals surface area (Å²) >= 11 is 0. The molecule has 1 aliphatic carbocycles. The summed E-state index contributed by atoms with van der Waals surface area (Å²) < 4.78 is 0. The van der Waals surface area contributed by atoms with Gasteiger partial charge in [0.05, 0.1) is 0 Å². The van der Waals surface area contributed by atoms with Gasteiger partial charge in [-0.1, -0.05) is 13.8 Å². The molecule has 1 N–H and O–H groups in total. The lowest BCUT2D eigenvalue weighted by Crippen LogP contribution is -2.46. The van der Waals surface area contributed by atoms with E-state index in [0.717, 1.165) is 12.1 Å². The van der Waals surface area contributed by atoms with Crippen LogP contribution in [0, 0.1) is 5.41 Å². The van der Waals surface area contributed by atoms with E-state index in [0.29, 0.717) is 5.41 Å². The van der Waals surface area contributed by atoms with Gasteiger partial charge >= 0.3 is 0 Å². The summed E-state index contributed by atoms with van der Waals surface area (Å²) in [5, 5.41) is 3.77. The van der Waals surface area contributed by atoms with Crippen molar-refractivity contribution >= 4 is 0 Å². The molecule has 1 atom stereocenters. The largest absolute Gasteiger partial charge is 0.313 e. The maximum atomic E-state index is 3.77. The quantitative estimate of drug-likeness (QED) is 0.701. The Balaban J connectivity index is 1.81. The van der Waals surface area contributed by atoms with E-state index in [-0.39, 0.29) is 0 Å². The van der Waals surface area contributed by atoms with Gasteiger partial charge in [0.2, 0.25) is 0 Å². The third-order valence-electron chi connectivity index (χ3n) is 5.64. The van der Waals surface area contributed by atoms with Crippen molar-refractivity contribution < 1.29 is 0 Å². The van der Waals surface area contributed by atoms with E-state index >= 15 is 0 Å². The summed E-state index contributed by atoms with van der Waals surface area (Å²) in [7, 11) is 4.61. The molecule has 1 saturated carbocycles. The Morgan fingerprint density at radius 3 is 2.40 bits per heavy atom. The van der Waals surface area contributed by atoms with Crippen molar-refractivity contribution in [1.29, 1.82) is 0 Å². The van der Waals surface area contributed by atoms with Crippen LogP contribution < -0.4 is 5.32 Å². The third kappa shape index (κ3) is 4.44. The first-order valence-corrected chi connectivity index (χ1v) is 8.70. The second-order valence-corrected chi connectivity index (χ2v) is 7.34. The lowest BCUT2D eigenvalue weighted by molar-refractivity contribution is 0.131. The topological polar surface area (TPSA) is 18.5 Å². The summed E-state index contributed by atoms with van der Waals surface area (Å²) in [5.41, 5.74) is 0.467. The molecule has 1 aliphatic heterocycles. The molecule has 0 spiro atoms. The molecular weight excluding hydrogens is 246 g/mol. The van der Waals surface area contributed by atoms with E-state index in [1.54, 1.807) is 0 Å². The van der Waals surface area contributed by atoms with Crippen LogP contribution in [-0.2, 0) is 0 Å². The predicted octanol–water partition coefficient (Wildman–Crippen LogP) is 2.57. The summed E-state index contributed by atoms with van der Waals surface area (Å²) in [6, 6.07) is 1.61. The molecule has 3 heteroatoms. The number of hydrogen-bond donors (Lipinski definition) is 1. The van der Waals surface area contributed by atoms with E-state index in [4.69, 9.17) is 0 Å². The fraction of sp³-hybridized carbons (Fsp3) is 1.00. The molecule has 2 aliphatic rings. The van der Waals surface area contributed by atoms with Crippen LogP contribution in [0.3, 0.4) is 0 Å².